The minimum atomic E-state index is -1.11. The van der Waals surface area contributed by atoms with Gasteiger partial charge < -0.3 is 14.4 Å². The summed E-state index contributed by atoms with van der Waals surface area (Å²) in [6.45, 7) is 3.89. The van der Waals surface area contributed by atoms with Crippen molar-refractivity contribution in [3.63, 3.8) is 0 Å². The van der Waals surface area contributed by atoms with Gasteiger partial charge >= 0.3 is 0 Å². The molecule has 0 radical (unpaired) electrons. The highest BCUT2D eigenvalue weighted by molar-refractivity contribution is 6.36. The molecule has 2 heterocycles. The van der Waals surface area contributed by atoms with Crippen molar-refractivity contribution in [1.82, 2.24) is 14.8 Å². The number of benzene rings is 1. The zero-order valence-electron chi connectivity index (χ0n) is 15.4. The number of piperazine rings is 1. The van der Waals surface area contributed by atoms with Gasteiger partial charge in [-0.15, -0.1) is 0 Å². The molecule has 27 heavy (non-hydrogen) atoms. The molecule has 3 rings (SSSR count). The van der Waals surface area contributed by atoms with Crippen LogP contribution in [0.1, 0.15) is 5.56 Å². The lowest BCUT2D eigenvalue weighted by atomic mass is 10.1. The number of pyridine rings is 1. The minimum Gasteiger partial charge on any atom is -0.493 e. The van der Waals surface area contributed by atoms with Crippen LogP contribution in [0.2, 0.25) is 5.02 Å². The number of ether oxygens (including phenoxy) is 2. The third-order valence-corrected chi connectivity index (χ3v) is 5.09. The van der Waals surface area contributed by atoms with Crippen LogP contribution in [0.25, 0.3) is 10.9 Å². The van der Waals surface area contributed by atoms with E-state index in [1.165, 1.54) is 13.3 Å². The van der Waals surface area contributed by atoms with Crippen molar-refractivity contribution in [1.29, 1.82) is 5.26 Å². The first-order chi connectivity index (χ1) is 13.0. The summed E-state index contributed by atoms with van der Waals surface area (Å²) in [5, 5.41) is 9.98. The van der Waals surface area contributed by atoms with Crippen molar-refractivity contribution >= 4 is 22.5 Å². The largest absolute Gasteiger partial charge is 0.493 e. The summed E-state index contributed by atoms with van der Waals surface area (Å²) in [5.74, 6) is 0.826. The summed E-state index contributed by atoms with van der Waals surface area (Å²) in [4.78, 5) is 8.57. The number of likely N-dealkylation sites (N-methyl/N-ethyl adjacent to an activating group) is 1. The van der Waals surface area contributed by atoms with E-state index in [0.717, 1.165) is 26.2 Å². The molecule has 1 fully saturated rings. The van der Waals surface area contributed by atoms with E-state index in [1.54, 1.807) is 12.1 Å². The monoisotopic (exact) mass is 392 g/mol. The Bertz CT molecular complexity index is 850. The smallest absolute Gasteiger partial charge is 0.163 e. The van der Waals surface area contributed by atoms with Crippen LogP contribution in [0.4, 0.5) is 4.39 Å². The second kappa shape index (κ2) is 8.70. The number of methoxy groups -OCH3 is 1. The van der Waals surface area contributed by atoms with Gasteiger partial charge in [0.1, 0.15) is 18.8 Å². The molecule has 0 N–H and O–H groups in total. The Morgan fingerprint density at radius 2 is 2.04 bits per heavy atom. The van der Waals surface area contributed by atoms with E-state index in [2.05, 4.69) is 21.8 Å². The highest BCUT2D eigenvalue weighted by Gasteiger charge is 2.19. The predicted octanol–water partition coefficient (Wildman–Crippen LogP) is 2.73. The maximum atomic E-state index is 14.4. The van der Waals surface area contributed by atoms with Crippen LogP contribution in [-0.2, 0) is 0 Å². The summed E-state index contributed by atoms with van der Waals surface area (Å²) < 4.78 is 25.4. The molecule has 8 heteroatoms. The number of hydrogen-bond acceptors (Lipinski definition) is 6. The molecule has 0 unspecified atom stereocenters. The fourth-order valence-corrected chi connectivity index (χ4v) is 3.30. The van der Waals surface area contributed by atoms with Crippen molar-refractivity contribution in [2.75, 3.05) is 53.5 Å². The summed E-state index contributed by atoms with van der Waals surface area (Å²) in [7, 11) is 3.57. The molecule has 0 bridgehead atoms. The molecule has 2 aromatic rings. The van der Waals surface area contributed by atoms with Crippen molar-refractivity contribution in [3.05, 3.63) is 28.9 Å². The average Bonchev–Trinajstić information content (AvgIpc) is 2.68. The second-order valence-corrected chi connectivity index (χ2v) is 7.01. The Balaban J connectivity index is 1.70. The van der Waals surface area contributed by atoms with E-state index in [0.29, 0.717) is 34.0 Å². The van der Waals surface area contributed by atoms with Gasteiger partial charge in [-0.1, -0.05) is 11.6 Å². The van der Waals surface area contributed by atoms with Crippen LogP contribution in [0.5, 0.6) is 11.5 Å². The van der Waals surface area contributed by atoms with E-state index >= 15 is 0 Å². The van der Waals surface area contributed by atoms with Gasteiger partial charge in [-0.05, 0) is 13.1 Å². The molecule has 1 aliphatic rings. The predicted molar refractivity (Wildman–Crippen MR) is 102 cm³/mol. The highest BCUT2D eigenvalue weighted by Crippen LogP contribution is 2.35. The van der Waals surface area contributed by atoms with Gasteiger partial charge in [-0.3, -0.25) is 9.88 Å². The molecule has 6 nitrogen and oxygen atoms in total. The van der Waals surface area contributed by atoms with Gasteiger partial charge in [0.25, 0.3) is 0 Å². The lowest BCUT2D eigenvalue weighted by Gasteiger charge is -2.33. The highest BCUT2D eigenvalue weighted by atomic mass is 35.5. The van der Waals surface area contributed by atoms with E-state index in [1.807, 2.05) is 6.07 Å². The van der Waals surface area contributed by atoms with E-state index in [4.69, 9.17) is 26.3 Å². The normalized spacial score (nSPS) is 16.9. The fourth-order valence-electron chi connectivity index (χ4n) is 3.06. The van der Waals surface area contributed by atoms with Crippen LogP contribution in [0, 0.1) is 11.3 Å². The summed E-state index contributed by atoms with van der Waals surface area (Å²) in [5.41, 5.74) is 0.847. The van der Waals surface area contributed by atoms with Crippen LogP contribution >= 0.6 is 11.6 Å². The second-order valence-electron chi connectivity index (χ2n) is 6.63. The standard InChI is InChI=1S/C19H22ClFN4O2/c1-24-3-5-25(6-4-24)11-14(21)12-27-18-8-16-15(7-17(18)26-2)19(20)13(9-22)10-23-16/h7-8,10,14H,3-6,11-12H2,1-2H3/t14-/m0/s1. The molecule has 1 aromatic carbocycles. The zero-order valence-corrected chi connectivity index (χ0v) is 16.2. The van der Waals surface area contributed by atoms with Crippen molar-refractivity contribution in [2.24, 2.45) is 0 Å². The molecule has 1 saturated heterocycles. The molecular formula is C19H22ClFN4O2. The van der Waals surface area contributed by atoms with Gasteiger partial charge in [0, 0.05) is 50.4 Å². The molecule has 0 spiro atoms. The van der Waals surface area contributed by atoms with Crippen LogP contribution in [0.15, 0.2) is 18.3 Å². The van der Waals surface area contributed by atoms with Crippen LogP contribution in [0.3, 0.4) is 0 Å². The summed E-state index contributed by atoms with van der Waals surface area (Å²) in [6, 6.07) is 5.32. The third-order valence-electron chi connectivity index (χ3n) is 4.68. The number of fused-ring (bicyclic) bond motifs is 1. The van der Waals surface area contributed by atoms with Gasteiger partial charge in [0.05, 0.1) is 23.2 Å². The van der Waals surface area contributed by atoms with Crippen LogP contribution < -0.4 is 9.47 Å². The Kier molecular flexibility index (Phi) is 6.32. The number of rotatable bonds is 6. The van der Waals surface area contributed by atoms with E-state index < -0.39 is 6.17 Å². The number of alkyl halides is 1. The zero-order chi connectivity index (χ0) is 19.4. The minimum absolute atomic E-state index is 0.0712. The first-order valence-electron chi connectivity index (χ1n) is 8.76. The third kappa shape index (κ3) is 4.59. The van der Waals surface area contributed by atoms with Gasteiger partial charge in [0.2, 0.25) is 0 Å². The van der Waals surface area contributed by atoms with Gasteiger partial charge in [-0.2, -0.15) is 5.26 Å². The molecule has 144 valence electrons. The first kappa shape index (κ1) is 19.6. The molecule has 1 atom stereocenters. The number of hydrogen-bond donors (Lipinski definition) is 0. The lowest BCUT2D eigenvalue weighted by molar-refractivity contribution is 0.0981. The Morgan fingerprint density at radius 3 is 2.70 bits per heavy atom. The SMILES string of the molecule is COc1cc2c(Cl)c(C#N)cnc2cc1OC[C@@H](F)CN1CCN(C)CC1. The van der Waals surface area contributed by atoms with Gasteiger partial charge in [0.15, 0.2) is 11.5 Å². The van der Waals surface area contributed by atoms with Gasteiger partial charge in [-0.25, -0.2) is 4.39 Å². The van der Waals surface area contributed by atoms with Crippen molar-refractivity contribution < 1.29 is 13.9 Å². The first-order valence-corrected chi connectivity index (χ1v) is 9.13. The Morgan fingerprint density at radius 1 is 1.30 bits per heavy atom. The number of nitrogens with zero attached hydrogens (tertiary/aromatic N) is 4. The molecule has 0 aliphatic carbocycles. The number of halogens is 2. The fraction of sp³-hybridized carbons (Fsp3) is 0.474. The Hall–Kier alpha value is -2.14. The molecule has 1 aliphatic heterocycles. The van der Waals surface area contributed by atoms with E-state index in [9.17, 15) is 4.39 Å². The van der Waals surface area contributed by atoms with Crippen molar-refractivity contribution in [3.8, 4) is 17.6 Å². The topological polar surface area (TPSA) is 61.6 Å². The maximum Gasteiger partial charge on any atom is 0.163 e. The lowest BCUT2D eigenvalue weighted by Crippen LogP contribution is -2.47. The summed E-state index contributed by atoms with van der Waals surface area (Å²) >= 11 is 6.24. The molecule has 0 saturated carbocycles. The molecule has 0 amide bonds. The quantitative estimate of drug-likeness (QED) is 0.753. The van der Waals surface area contributed by atoms with E-state index in [-0.39, 0.29) is 12.2 Å². The summed E-state index contributed by atoms with van der Waals surface area (Å²) in [6.07, 6.45) is 0.304. The Labute approximate surface area is 163 Å². The maximum absolute atomic E-state index is 14.4. The molecular weight excluding hydrogens is 371 g/mol. The molecule has 1 aromatic heterocycles. The van der Waals surface area contributed by atoms with Crippen molar-refractivity contribution in [2.45, 2.75) is 6.17 Å². The number of nitriles is 1. The van der Waals surface area contributed by atoms with Crippen LogP contribution in [-0.4, -0.2) is 74.4 Å². The average molecular weight is 393 g/mol. The number of aromatic nitrogens is 1.